The fourth-order valence-corrected chi connectivity index (χ4v) is 2.50. The zero-order valence-electron chi connectivity index (χ0n) is 9.02. The highest BCUT2D eigenvalue weighted by Crippen LogP contribution is 2.13. The van der Waals surface area contributed by atoms with Gasteiger partial charge in [0, 0.05) is 13.1 Å². The van der Waals surface area contributed by atoms with E-state index >= 15 is 0 Å². The predicted molar refractivity (Wildman–Crippen MR) is 59.4 cm³/mol. The fourth-order valence-electron chi connectivity index (χ4n) is 1.18. The van der Waals surface area contributed by atoms with E-state index in [2.05, 4.69) is 9.97 Å². The van der Waals surface area contributed by atoms with E-state index in [0.717, 1.165) is 16.7 Å². The van der Waals surface area contributed by atoms with Crippen molar-refractivity contribution in [3.8, 4) is 0 Å². The van der Waals surface area contributed by atoms with Crippen LogP contribution in [-0.4, -0.2) is 59.2 Å². The van der Waals surface area contributed by atoms with E-state index in [9.17, 15) is 8.42 Å². The second-order valence-electron chi connectivity index (χ2n) is 3.13. The number of aliphatic hydroxyl groups excluding tert-OH is 2. The molecule has 1 aromatic rings. The number of rotatable bonds is 6. The first-order valence-corrected chi connectivity index (χ1v) is 6.25. The van der Waals surface area contributed by atoms with Crippen molar-refractivity contribution in [3.63, 3.8) is 0 Å². The first-order valence-electron chi connectivity index (χ1n) is 4.81. The molecule has 0 unspecified atom stereocenters. The van der Waals surface area contributed by atoms with Crippen LogP contribution in [0.1, 0.15) is 0 Å². The van der Waals surface area contributed by atoms with Crippen molar-refractivity contribution in [2.75, 3.05) is 32.0 Å². The second kappa shape index (κ2) is 5.87. The van der Waals surface area contributed by atoms with Gasteiger partial charge in [-0.25, -0.2) is 18.4 Å². The molecule has 0 fully saturated rings. The Kier molecular flexibility index (Phi) is 4.75. The Bertz CT molecular complexity index is 441. The molecule has 0 aliphatic carbocycles. The zero-order chi connectivity index (χ0) is 12.9. The van der Waals surface area contributed by atoms with Crippen LogP contribution in [0.2, 0.25) is 0 Å². The van der Waals surface area contributed by atoms with Gasteiger partial charge in [-0.3, -0.25) is 0 Å². The van der Waals surface area contributed by atoms with Crippen LogP contribution >= 0.6 is 0 Å². The number of nitrogens with zero attached hydrogens (tertiary/aromatic N) is 3. The minimum absolute atomic E-state index is 0.0279. The Morgan fingerprint density at radius 2 is 1.65 bits per heavy atom. The average Bonchev–Trinajstić information content (AvgIpc) is 2.29. The van der Waals surface area contributed by atoms with E-state index in [1.165, 1.54) is 0 Å². The lowest BCUT2D eigenvalue weighted by atomic mass is 10.6. The van der Waals surface area contributed by atoms with Gasteiger partial charge in [-0.05, 0) is 0 Å². The van der Waals surface area contributed by atoms with Crippen molar-refractivity contribution in [1.29, 1.82) is 0 Å². The summed E-state index contributed by atoms with van der Waals surface area (Å²) in [6.45, 7) is -0.884. The molecule has 0 spiro atoms. The predicted octanol–water partition coefficient (Wildman–Crippen LogP) is -1.97. The largest absolute Gasteiger partial charge is 0.395 e. The van der Waals surface area contributed by atoms with Crippen LogP contribution in [-0.2, 0) is 10.0 Å². The molecule has 1 rings (SSSR count). The van der Waals surface area contributed by atoms with Gasteiger partial charge < -0.3 is 15.9 Å². The molecular formula is C8H14N4O4S. The zero-order valence-corrected chi connectivity index (χ0v) is 9.84. The van der Waals surface area contributed by atoms with Crippen molar-refractivity contribution < 1.29 is 18.6 Å². The molecule has 0 radical (unpaired) electrons. The molecular weight excluding hydrogens is 248 g/mol. The number of sulfonamides is 1. The van der Waals surface area contributed by atoms with Crippen LogP contribution in [0, 0.1) is 0 Å². The maximum atomic E-state index is 12.0. The summed E-state index contributed by atoms with van der Waals surface area (Å²) < 4.78 is 25.0. The molecule has 0 amide bonds. The maximum absolute atomic E-state index is 12.0. The number of hydrogen-bond acceptors (Lipinski definition) is 7. The minimum Gasteiger partial charge on any atom is -0.395 e. The first kappa shape index (κ1) is 13.8. The number of hydrogen-bond donors (Lipinski definition) is 3. The maximum Gasteiger partial charge on any atom is 0.246 e. The molecule has 0 saturated carbocycles. The second-order valence-corrected chi connectivity index (χ2v) is 5.07. The van der Waals surface area contributed by atoms with Crippen LogP contribution in [0.4, 0.5) is 5.95 Å². The van der Waals surface area contributed by atoms with E-state index in [4.69, 9.17) is 15.9 Å². The number of aromatic nitrogens is 2. The van der Waals surface area contributed by atoms with E-state index in [1.807, 2.05) is 0 Å². The molecule has 0 atom stereocenters. The topological polar surface area (TPSA) is 130 Å². The first-order chi connectivity index (χ1) is 8.02. The van der Waals surface area contributed by atoms with Crippen LogP contribution in [0.3, 0.4) is 0 Å². The molecule has 0 aliphatic heterocycles. The Balaban J connectivity index is 3.02. The molecule has 0 aromatic carbocycles. The SMILES string of the molecule is Nc1ncc(S(=O)(=O)N(CCO)CCO)cn1. The van der Waals surface area contributed by atoms with Gasteiger partial charge >= 0.3 is 0 Å². The number of aliphatic hydroxyl groups is 2. The van der Waals surface area contributed by atoms with Gasteiger partial charge in [-0.1, -0.05) is 0 Å². The summed E-state index contributed by atoms with van der Waals surface area (Å²) in [5, 5.41) is 17.6. The monoisotopic (exact) mass is 262 g/mol. The van der Waals surface area contributed by atoms with Gasteiger partial charge in [-0.2, -0.15) is 4.31 Å². The van der Waals surface area contributed by atoms with Crippen LogP contribution in [0.15, 0.2) is 17.3 Å². The van der Waals surface area contributed by atoms with Gasteiger partial charge in [0.2, 0.25) is 16.0 Å². The molecule has 0 bridgehead atoms. The third-order valence-corrected chi connectivity index (χ3v) is 3.84. The number of nitrogens with two attached hydrogens (primary N) is 1. The van der Waals surface area contributed by atoms with Crippen molar-refractivity contribution in [2.24, 2.45) is 0 Å². The lowest BCUT2D eigenvalue weighted by Gasteiger charge is -2.19. The smallest absolute Gasteiger partial charge is 0.246 e. The van der Waals surface area contributed by atoms with E-state index in [0.29, 0.717) is 0 Å². The number of nitrogen functional groups attached to an aromatic ring is 1. The molecule has 0 aliphatic rings. The molecule has 96 valence electrons. The highest BCUT2D eigenvalue weighted by molar-refractivity contribution is 7.89. The lowest BCUT2D eigenvalue weighted by Crippen LogP contribution is -2.36. The van der Waals surface area contributed by atoms with Crippen LogP contribution in [0.5, 0.6) is 0 Å². The van der Waals surface area contributed by atoms with Gasteiger partial charge in [0.05, 0.1) is 25.6 Å². The fraction of sp³-hybridized carbons (Fsp3) is 0.500. The molecule has 4 N–H and O–H groups in total. The molecule has 1 aromatic heterocycles. The van der Waals surface area contributed by atoms with Gasteiger partial charge in [0.25, 0.3) is 0 Å². The normalized spacial score (nSPS) is 11.9. The Morgan fingerprint density at radius 3 is 2.06 bits per heavy atom. The van der Waals surface area contributed by atoms with Crippen molar-refractivity contribution >= 4 is 16.0 Å². The van der Waals surface area contributed by atoms with Gasteiger partial charge in [-0.15, -0.1) is 0 Å². The minimum atomic E-state index is -3.81. The number of anilines is 1. The summed E-state index contributed by atoms with van der Waals surface area (Å²) in [7, 11) is -3.81. The third-order valence-electron chi connectivity index (χ3n) is 1.98. The summed E-state index contributed by atoms with van der Waals surface area (Å²) in [6.07, 6.45) is 2.17. The Hall–Kier alpha value is -1.29. The summed E-state index contributed by atoms with van der Waals surface area (Å²) in [4.78, 5) is 7.04. The lowest BCUT2D eigenvalue weighted by molar-refractivity contribution is 0.217. The summed E-state index contributed by atoms with van der Waals surface area (Å²) in [5.41, 5.74) is 5.25. The van der Waals surface area contributed by atoms with Crippen molar-refractivity contribution in [2.45, 2.75) is 4.90 Å². The molecule has 8 nitrogen and oxygen atoms in total. The summed E-state index contributed by atoms with van der Waals surface area (Å²) >= 11 is 0. The summed E-state index contributed by atoms with van der Waals surface area (Å²) in [6, 6.07) is 0. The van der Waals surface area contributed by atoms with Crippen molar-refractivity contribution in [1.82, 2.24) is 14.3 Å². The Labute approximate surface area is 98.8 Å². The van der Waals surface area contributed by atoms with Crippen LogP contribution < -0.4 is 5.73 Å². The van der Waals surface area contributed by atoms with Gasteiger partial charge in [0.1, 0.15) is 4.90 Å². The third kappa shape index (κ3) is 3.33. The highest BCUT2D eigenvalue weighted by atomic mass is 32.2. The summed E-state index contributed by atoms with van der Waals surface area (Å²) in [5.74, 6) is -0.0279. The molecule has 9 heteroatoms. The highest BCUT2D eigenvalue weighted by Gasteiger charge is 2.24. The molecule has 1 heterocycles. The van der Waals surface area contributed by atoms with E-state index in [-0.39, 0.29) is 37.1 Å². The molecule has 17 heavy (non-hydrogen) atoms. The van der Waals surface area contributed by atoms with Gasteiger partial charge in [0.15, 0.2) is 0 Å². The molecule has 0 saturated heterocycles. The Morgan fingerprint density at radius 1 is 1.18 bits per heavy atom. The van der Waals surface area contributed by atoms with Crippen LogP contribution in [0.25, 0.3) is 0 Å². The van der Waals surface area contributed by atoms with E-state index in [1.54, 1.807) is 0 Å². The quantitative estimate of drug-likeness (QED) is 0.542. The standard InChI is InChI=1S/C8H14N4O4S/c9-8-10-5-7(6-11-8)17(15,16)12(1-3-13)2-4-14/h5-6,13-14H,1-4H2,(H2,9,10,11). The van der Waals surface area contributed by atoms with Crippen molar-refractivity contribution in [3.05, 3.63) is 12.4 Å². The van der Waals surface area contributed by atoms with E-state index < -0.39 is 10.0 Å². The average molecular weight is 262 g/mol.